The minimum Gasteiger partial charge on any atom is -0.493 e. The summed E-state index contributed by atoms with van der Waals surface area (Å²) in [6.07, 6.45) is 1.83. The van der Waals surface area contributed by atoms with Crippen molar-refractivity contribution in [1.82, 2.24) is 25.3 Å². The van der Waals surface area contributed by atoms with Crippen molar-refractivity contribution in [2.45, 2.75) is 59.5 Å². The first kappa shape index (κ1) is 31.5. The number of benzene rings is 2. The number of hydrogen-bond donors (Lipinski definition) is 2. The summed E-state index contributed by atoms with van der Waals surface area (Å²) in [4.78, 5) is 41.1. The van der Waals surface area contributed by atoms with E-state index in [1.165, 1.54) is 19.2 Å². The number of nitrogens with zero attached hydrogens (tertiary/aromatic N) is 3. The first-order valence-electron chi connectivity index (χ1n) is 14.7. The fourth-order valence-electron chi connectivity index (χ4n) is 4.98. The summed E-state index contributed by atoms with van der Waals surface area (Å²) in [6, 6.07) is 11.0. The monoisotopic (exact) mass is 593 g/mol. The van der Waals surface area contributed by atoms with Gasteiger partial charge in [-0.15, -0.1) is 0 Å². The molecular weight excluding hydrogens is 553 g/mol. The van der Waals surface area contributed by atoms with Gasteiger partial charge in [0.25, 0.3) is 11.8 Å². The van der Waals surface area contributed by atoms with E-state index in [4.69, 9.17) is 9.47 Å². The number of fused-ring (bicyclic) bond motifs is 13. The fraction of sp³-hybridized carbons (Fsp3) is 0.438. The van der Waals surface area contributed by atoms with Gasteiger partial charge in [-0.1, -0.05) is 19.9 Å². The first-order chi connectivity index (χ1) is 20.7. The average molecular weight is 594 g/mol. The van der Waals surface area contributed by atoms with Crippen LogP contribution in [0, 0.1) is 11.7 Å². The van der Waals surface area contributed by atoms with E-state index in [1.54, 1.807) is 33.8 Å². The Labute approximate surface area is 251 Å². The Morgan fingerprint density at radius 3 is 2.63 bits per heavy atom. The Kier molecular flexibility index (Phi) is 10.7. The van der Waals surface area contributed by atoms with Crippen LogP contribution >= 0.6 is 0 Å². The van der Waals surface area contributed by atoms with Crippen molar-refractivity contribution in [2.75, 3.05) is 26.7 Å². The number of ether oxygens (including phenoxy) is 2. The molecule has 0 spiro atoms. The number of halogens is 1. The lowest BCUT2D eigenvalue weighted by molar-refractivity contribution is -0.121. The van der Waals surface area contributed by atoms with Crippen LogP contribution in [0.3, 0.4) is 0 Å². The quantitative estimate of drug-likeness (QED) is 0.443. The van der Waals surface area contributed by atoms with Crippen LogP contribution in [-0.2, 0) is 24.3 Å². The zero-order valence-corrected chi connectivity index (χ0v) is 25.2. The Balaban J connectivity index is 1.58. The summed E-state index contributed by atoms with van der Waals surface area (Å²) in [5.74, 6) is -0.0618. The van der Waals surface area contributed by atoms with E-state index in [2.05, 4.69) is 29.6 Å². The van der Waals surface area contributed by atoms with Gasteiger partial charge in [-0.3, -0.25) is 19.1 Å². The van der Waals surface area contributed by atoms with Crippen LogP contribution in [0.15, 0.2) is 42.5 Å². The fourth-order valence-corrected chi connectivity index (χ4v) is 4.98. The SMILES string of the molecule is CCn1nc(CC(C)C)cc1C(=O)N1CCCNC(=O)c2ccc(c(OC)c2)Oc2cccc(F)c2CNC(=O)CCC1. The van der Waals surface area contributed by atoms with Gasteiger partial charge in [-0.05, 0) is 68.5 Å². The van der Waals surface area contributed by atoms with E-state index in [0.717, 1.165) is 12.1 Å². The van der Waals surface area contributed by atoms with Gasteiger partial charge < -0.3 is 25.0 Å². The van der Waals surface area contributed by atoms with Crippen molar-refractivity contribution < 1.29 is 28.2 Å². The van der Waals surface area contributed by atoms with E-state index in [1.807, 2.05) is 13.0 Å². The minimum absolute atomic E-state index is 0.0827. The third kappa shape index (κ3) is 8.12. The first-order valence-corrected chi connectivity index (χ1v) is 14.7. The van der Waals surface area contributed by atoms with Crippen molar-refractivity contribution in [1.29, 1.82) is 0 Å². The summed E-state index contributed by atoms with van der Waals surface area (Å²) < 4.78 is 28.0. The smallest absolute Gasteiger partial charge is 0.272 e. The second-order valence-electron chi connectivity index (χ2n) is 10.9. The van der Waals surface area contributed by atoms with Gasteiger partial charge in [-0.2, -0.15) is 5.10 Å². The minimum atomic E-state index is -0.528. The Morgan fingerprint density at radius 1 is 1.09 bits per heavy atom. The van der Waals surface area contributed by atoms with Gasteiger partial charge in [0.05, 0.1) is 12.8 Å². The molecule has 2 aromatic carbocycles. The highest BCUT2D eigenvalue weighted by molar-refractivity contribution is 5.95. The third-order valence-corrected chi connectivity index (χ3v) is 7.16. The van der Waals surface area contributed by atoms with Crippen LogP contribution in [0.1, 0.15) is 72.1 Å². The number of hydrogen-bond acceptors (Lipinski definition) is 6. The number of carbonyl (C=O) groups is 3. The zero-order valence-electron chi connectivity index (χ0n) is 25.2. The van der Waals surface area contributed by atoms with Crippen molar-refractivity contribution in [3.8, 4) is 17.2 Å². The van der Waals surface area contributed by atoms with Gasteiger partial charge in [0.15, 0.2) is 11.5 Å². The lowest BCUT2D eigenvalue weighted by Crippen LogP contribution is -2.37. The summed E-state index contributed by atoms with van der Waals surface area (Å²) in [5, 5.41) is 10.3. The van der Waals surface area contributed by atoms with E-state index in [-0.39, 0.29) is 42.0 Å². The Bertz CT molecular complexity index is 1450. The molecular formula is C32H40FN5O5. The third-order valence-electron chi connectivity index (χ3n) is 7.16. The Morgan fingerprint density at radius 2 is 1.88 bits per heavy atom. The number of aromatic nitrogens is 2. The van der Waals surface area contributed by atoms with Gasteiger partial charge in [0, 0.05) is 50.3 Å². The van der Waals surface area contributed by atoms with Crippen LogP contribution in [0.25, 0.3) is 0 Å². The van der Waals surface area contributed by atoms with E-state index < -0.39 is 5.82 Å². The normalized spacial score (nSPS) is 15.1. The lowest BCUT2D eigenvalue weighted by Gasteiger charge is -2.23. The van der Waals surface area contributed by atoms with Crippen molar-refractivity contribution in [3.63, 3.8) is 0 Å². The second-order valence-corrected chi connectivity index (χ2v) is 10.9. The number of carbonyl (C=O) groups excluding carboxylic acids is 3. The average Bonchev–Trinajstić information content (AvgIpc) is 3.39. The number of nitrogens with one attached hydrogen (secondary N) is 2. The van der Waals surface area contributed by atoms with E-state index in [9.17, 15) is 18.8 Å². The molecule has 0 saturated heterocycles. The van der Waals surface area contributed by atoms with Crippen LogP contribution in [0.2, 0.25) is 0 Å². The molecule has 0 aliphatic carbocycles. The predicted molar refractivity (Wildman–Crippen MR) is 160 cm³/mol. The van der Waals surface area contributed by atoms with Crippen LogP contribution in [0.5, 0.6) is 17.2 Å². The highest BCUT2D eigenvalue weighted by Gasteiger charge is 2.22. The van der Waals surface area contributed by atoms with Crippen LogP contribution in [0.4, 0.5) is 4.39 Å². The van der Waals surface area contributed by atoms with Gasteiger partial charge in [0.1, 0.15) is 17.3 Å². The Hall–Kier alpha value is -4.41. The summed E-state index contributed by atoms with van der Waals surface area (Å²) >= 11 is 0. The van der Waals surface area contributed by atoms with E-state index in [0.29, 0.717) is 67.7 Å². The summed E-state index contributed by atoms with van der Waals surface area (Å²) in [5.41, 5.74) is 1.91. The maximum absolute atomic E-state index is 14.8. The number of methoxy groups -OCH3 is 1. The van der Waals surface area contributed by atoms with Crippen molar-refractivity contribution >= 4 is 17.7 Å². The number of rotatable bonds is 5. The van der Waals surface area contributed by atoms with Crippen LogP contribution < -0.4 is 20.1 Å². The van der Waals surface area contributed by atoms with Crippen molar-refractivity contribution in [3.05, 3.63) is 70.8 Å². The molecule has 2 aliphatic rings. The highest BCUT2D eigenvalue weighted by atomic mass is 19.1. The molecule has 0 fully saturated rings. The molecule has 3 aromatic rings. The zero-order chi connectivity index (χ0) is 30.9. The lowest BCUT2D eigenvalue weighted by atomic mass is 10.1. The molecule has 230 valence electrons. The molecule has 1 aromatic heterocycles. The molecule has 0 radical (unpaired) electrons. The maximum Gasteiger partial charge on any atom is 0.272 e. The van der Waals surface area contributed by atoms with Crippen LogP contribution in [-0.4, -0.2) is 59.1 Å². The molecule has 2 aliphatic heterocycles. The number of amides is 3. The van der Waals surface area contributed by atoms with Crippen molar-refractivity contribution in [2.24, 2.45) is 5.92 Å². The van der Waals surface area contributed by atoms with Gasteiger partial charge in [0.2, 0.25) is 5.91 Å². The molecule has 0 saturated carbocycles. The van der Waals surface area contributed by atoms with Gasteiger partial charge in [-0.25, -0.2) is 4.39 Å². The standard InChI is InChI=1S/C32H40FN5O5/c1-5-38-26(19-23(36-38)17-21(2)3)32(41)37-15-7-11-30(39)35-20-24-25(33)9-6-10-27(24)43-28-13-12-22(18-29(28)42-4)31(40)34-14-8-16-37/h6,9-10,12-13,18-19,21H,5,7-8,11,14-17,20H2,1-4H3,(H,34,40)(H,35,39). The molecule has 11 heteroatoms. The molecule has 43 heavy (non-hydrogen) atoms. The molecule has 3 amide bonds. The largest absolute Gasteiger partial charge is 0.493 e. The molecule has 2 bridgehead atoms. The molecule has 5 rings (SSSR count). The highest BCUT2D eigenvalue weighted by Crippen LogP contribution is 2.34. The molecule has 3 heterocycles. The number of aryl methyl sites for hydroxylation is 1. The second kappa shape index (κ2) is 14.7. The summed E-state index contributed by atoms with van der Waals surface area (Å²) in [6.45, 7) is 7.67. The maximum atomic E-state index is 14.8. The summed E-state index contributed by atoms with van der Waals surface area (Å²) in [7, 11) is 1.45. The van der Waals surface area contributed by atoms with E-state index >= 15 is 0 Å². The van der Waals surface area contributed by atoms with Gasteiger partial charge >= 0.3 is 0 Å². The molecule has 0 atom stereocenters. The predicted octanol–water partition coefficient (Wildman–Crippen LogP) is 4.71. The topological polar surface area (TPSA) is 115 Å². The molecule has 2 N–H and O–H groups in total. The molecule has 10 nitrogen and oxygen atoms in total. The molecule has 0 unspecified atom stereocenters.